The highest BCUT2D eigenvalue weighted by Gasteiger charge is 2.16. The van der Waals surface area contributed by atoms with Crippen LogP contribution in [0.15, 0.2) is 42.5 Å². The van der Waals surface area contributed by atoms with Gasteiger partial charge >= 0.3 is 0 Å². The zero-order valence-electron chi connectivity index (χ0n) is 15.1. The molecule has 2 amide bonds. The second kappa shape index (κ2) is 9.25. The van der Waals surface area contributed by atoms with Gasteiger partial charge in [0.1, 0.15) is 0 Å². The summed E-state index contributed by atoms with van der Waals surface area (Å²) in [4.78, 5) is 26.3. The molecule has 0 saturated carbocycles. The smallest absolute Gasteiger partial charge is 0.255 e. The standard InChI is InChI=1S/C20H24ClN3O2/c1-3-24(4-2)20(26)16-11-10-15(13-17(16)21)23-19(25)12-9-14-7-5-6-8-18(14)22/h5-8,10-11,13H,3-4,9,12,22H2,1-2H3,(H,23,25). The number of carbonyl (C=O) groups is 2. The number of nitrogen functional groups attached to an aromatic ring is 1. The fourth-order valence-electron chi connectivity index (χ4n) is 2.68. The van der Waals surface area contributed by atoms with Gasteiger partial charge in [-0.05, 0) is 50.1 Å². The Hall–Kier alpha value is -2.53. The molecule has 0 heterocycles. The summed E-state index contributed by atoms with van der Waals surface area (Å²) >= 11 is 6.24. The molecule has 6 heteroatoms. The molecule has 0 atom stereocenters. The van der Waals surface area contributed by atoms with Gasteiger partial charge in [-0.2, -0.15) is 0 Å². The number of halogens is 1. The van der Waals surface area contributed by atoms with Crippen LogP contribution in [0.3, 0.4) is 0 Å². The van der Waals surface area contributed by atoms with E-state index >= 15 is 0 Å². The van der Waals surface area contributed by atoms with E-state index in [9.17, 15) is 9.59 Å². The third-order valence-electron chi connectivity index (χ3n) is 4.21. The molecule has 0 unspecified atom stereocenters. The first kappa shape index (κ1) is 19.8. The summed E-state index contributed by atoms with van der Waals surface area (Å²) in [5, 5.41) is 3.13. The molecule has 0 radical (unpaired) electrons. The summed E-state index contributed by atoms with van der Waals surface area (Å²) in [5.41, 5.74) is 8.52. The van der Waals surface area contributed by atoms with E-state index in [1.54, 1.807) is 23.1 Å². The number of nitrogens with one attached hydrogen (secondary N) is 1. The zero-order chi connectivity index (χ0) is 19.1. The third-order valence-corrected chi connectivity index (χ3v) is 4.52. The van der Waals surface area contributed by atoms with Gasteiger partial charge in [-0.25, -0.2) is 0 Å². The van der Waals surface area contributed by atoms with Crippen LogP contribution in [-0.4, -0.2) is 29.8 Å². The lowest BCUT2D eigenvalue weighted by Gasteiger charge is -2.19. The first-order valence-corrected chi connectivity index (χ1v) is 9.06. The van der Waals surface area contributed by atoms with Crippen LogP contribution in [0.5, 0.6) is 0 Å². The fourth-order valence-corrected chi connectivity index (χ4v) is 2.94. The molecule has 0 aliphatic carbocycles. The Morgan fingerprint density at radius 1 is 1.12 bits per heavy atom. The molecule has 138 valence electrons. The van der Waals surface area contributed by atoms with Gasteiger partial charge < -0.3 is 16.0 Å². The number of benzene rings is 2. The van der Waals surface area contributed by atoms with Crippen LogP contribution >= 0.6 is 11.6 Å². The van der Waals surface area contributed by atoms with Gasteiger partial charge in [0.2, 0.25) is 5.91 Å². The van der Waals surface area contributed by atoms with Gasteiger partial charge in [-0.1, -0.05) is 29.8 Å². The molecule has 0 aliphatic heterocycles. The van der Waals surface area contributed by atoms with Crippen molar-refractivity contribution in [2.24, 2.45) is 0 Å². The quantitative estimate of drug-likeness (QED) is 0.721. The van der Waals surface area contributed by atoms with Crippen LogP contribution in [0.25, 0.3) is 0 Å². The summed E-state index contributed by atoms with van der Waals surface area (Å²) in [5.74, 6) is -0.246. The monoisotopic (exact) mass is 373 g/mol. The van der Waals surface area contributed by atoms with E-state index in [2.05, 4.69) is 5.32 Å². The summed E-state index contributed by atoms with van der Waals surface area (Å²) in [7, 11) is 0. The van der Waals surface area contributed by atoms with E-state index in [-0.39, 0.29) is 11.8 Å². The van der Waals surface area contributed by atoms with Crippen LogP contribution < -0.4 is 11.1 Å². The molecule has 2 rings (SSSR count). The predicted molar refractivity (Wildman–Crippen MR) is 107 cm³/mol. The van der Waals surface area contributed by atoms with Crippen molar-refractivity contribution in [3.05, 3.63) is 58.6 Å². The summed E-state index contributed by atoms with van der Waals surface area (Å²) in [6, 6.07) is 12.4. The number of aryl methyl sites for hydroxylation is 1. The van der Waals surface area contributed by atoms with E-state index in [0.717, 1.165) is 5.56 Å². The maximum Gasteiger partial charge on any atom is 0.255 e. The fraction of sp³-hybridized carbons (Fsp3) is 0.300. The molecular weight excluding hydrogens is 350 g/mol. The highest BCUT2D eigenvalue weighted by Crippen LogP contribution is 2.23. The third kappa shape index (κ3) is 4.99. The first-order valence-electron chi connectivity index (χ1n) is 8.68. The van der Waals surface area contributed by atoms with Gasteiger partial charge in [0.05, 0.1) is 10.6 Å². The minimum absolute atomic E-state index is 0.113. The van der Waals surface area contributed by atoms with Gasteiger partial charge in [0.25, 0.3) is 5.91 Å². The van der Waals surface area contributed by atoms with Gasteiger partial charge in [0, 0.05) is 30.9 Å². The first-order chi connectivity index (χ1) is 12.5. The normalized spacial score (nSPS) is 10.4. The van der Waals surface area contributed by atoms with Crippen molar-refractivity contribution in [1.29, 1.82) is 0 Å². The SMILES string of the molecule is CCN(CC)C(=O)c1ccc(NC(=O)CCc2ccccc2N)cc1Cl. The second-order valence-corrected chi connectivity index (χ2v) is 6.33. The minimum Gasteiger partial charge on any atom is -0.399 e. The highest BCUT2D eigenvalue weighted by molar-refractivity contribution is 6.34. The van der Waals surface area contributed by atoms with Gasteiger partial charge in [0.15, 0.2) is 0 Å². The summed E-state index contributed by atoms with van der Waals surface area (Å²) in [6.45, 7) is 5.08. The Morgan fingerprint density at radius 2 is 1.81 bits per heavy atom. The summed E-state index contributed by atoms with van der Waals surface area (Å²) in [6.07, 6.45) is 0.872. The number of nitrogens with two attached hydrogens (primary N) is 1. The van der Waals surface area contributed by atoms with Crippen LogP contribution in [0.4, 0.5) is 11.4 Å². The molecule has 3 N–H and O–H groups in total. The number of para-hydroxylation sites is 1. The molecular formula is C20H24ClN3O2. The van der Waals surface area contributed by atoms with Crippen molar-refractivity contribution in [2.75, 3.05) is 24.1 Å². The number of rotatable bonds is 7. The van der Waals surface area contributed by atoms with Crippen molar-refractivity contribution >= 4 is 34.8 Å². The molecule has 0 bridgehead atoms. The van der Waals surface area contributed by atoms with E-state index in [4.69, 9.17) is 17.3 Å². The maximum atomic E-state index is 12.4. The molecule has 5 nitrogen and oxygen atoms in total. The lowest BCUT2D eigenvalue weighted by Crippen LogP contribution is -2.30. The van der Waals surface area contributed by atoms with Crippen molar-refractivity contribution in [1.82, 2.24) is 4.90 Å². The minimum atomic E-state index is -0.132. The molecule has 0 aliphatic rings. The second-order valence-electron chi connectivity index (χ2n) is 5.92. The average Bonchev–Trinajstić information content (AvgIpc) is 2.62. The Kier molecular flexibility index (Phi) is 7.04. The van der Waals surface area contributed by atoms with Crippen LogP contribution in [0.1, 0.15) is 36.2 Å². The van der Waals surface area contributed by atoms with Crippen molar-refractivity contribution in [2.45, 2.75) is 26.7 Å². The van der Waals surface area contributed by atoms with Crippen LogP contribution in [-0.2, 0) is 11.2 Å². The maximum absolute atomic E-state index is 12.4. The number of anilines is 2. The molecule has 26 heavy (non-hydrogen) atoms. The van der Waals surface area contributed by atoms with Crippen LogP contribution in [0.2, 0.25) is 5.02 Å². The lowest BCUT2D eigenvalue weighted by molar-refractivity contribution is -0.116. The zero-order valence-corrected chi connectivity index (χ0v) is 15.8. The Bertz CT molecular complexity index is 788. The van der Waals surface area contributed by atoms with E-state index in [0.29, 0.717) is 47.9 Å². The molecule has 0 saturated heterocycles. The number of amides is 2. The predicted octanol–water partition coefficient (Wildman–Crippen LogP) is 3.98. The van der Waals surface area contributed by atoms with Crippen molar-refractivity contribution in [3.8, 4) is 0 Å². The van der Waals surface area contributed by atoms with E-state index < -0.39 is 0 Å². The highest BCUT2D eigenvalue weighted by atomic mass is 35.5. The molecule has 0 fully saturated rings. The van der Waals surface area contributed by atoms with Crippen molar-refractivity contribution < 1.29 is 9.59 Å². The average molecular weight is 374 g/mol. The topological polar surface area (TPSA) is 75.4 Å². The largest absolute Gasteiger partial charge is 0.399 e. The summed E-state index contributed by atoms with van der Waals surface area (Å²) < 4.78 is 0. The molecule has 2 aromatic rings. The Labute approximate surface area is 159 Å². The molecule has 2 aromatic carbocycles. The number of hydrogen-bond donors (Lipinski definition) is 2. The Morgan fingerprint density at radius 3 is 2.42 bits per heavy atom. The van der Waals surface area contributed by atoms with E-state index in [1.807, 2.05) is 38.1 Å². The lowest BCUT2D eigenvalue weighted by atomic mass is 10.1. The number of hydrogen-bond acceptors (Lipinski definition) is 3. The Balaban J connectivity index is 1.99. The van der Waals surface area contributed by atoms with E-state index in [1.165, 1.54) is 0 Å². The van der Waals surface area contributed by atoms with Crippen molar-refractivity contribution in [3.63, 3.8) is 0 Å². The molecule has 0 aromatic heterocycles. The van der Waals surface area contributed by atoms with Gasteiger partial charge in [-0.3, -0.25) is 9.59 Å². The van der Waals surface area contributed by atoms with Gasteiger partial charge in [-0.15, -0.1) is 0 Å². The number of nitrogens with zero attached hydrogens (tertiary/aromatic N) is 1. The van der Waals surface area contributed by atoms with Crippen LogP contribution in [0, 0.1) is 0 Å². The number of carbonyl (C=O) groups excluding carboxylic acids is 2. The molecule has 0 spiro atoms.